The van der Waals surface area contributed by atoms with Gasteiger partial charge in [-0.1, -0.05) is 95.2 Å². The molecule has 39 heavy (non-hydrogen) atoms. The smallest absolute Gasteiger partial charge is 0.120 e. The fraction of sp³-hybridized carbons (Fsp3) is 0.647. The number of nitrogens with zero attached hydrogens (tertiary/aromatic N) is 1. The number of aromatic hydroxyl groups is 2. The van der Waals surface area contributed by atoms with Crippen LogP contribution in [0.3, 0.4) is 0 Å². The topological polar surface area (TPSA) is 73.2 Å². The molecular formula is C34H55NO4. The van der Waals surface area contributed by atoms with E-state index in [9.17, 15) is 15.3 Å². The van der Waals surface area contributed by atoms with Crippen molar-refractivity contribution in [3.05, 3.63) is 57.6 Å². The van der Waals surface area contributed by atoms with Gasteiger partial charge in [0.15, 0.2) is 0 Å². The second-order valence-electron chi connectivity index (χ2n) is 15.1. The molecule has 220 valence electrons. The molecule has 0 atom stereocenters. The zero-order valence-electron chi connectivity index (χ0n) is 26.7. The van der Waals surface area contributed by atoms with Gasteiger partial charge in [-0.05, 0) is 56.0 Å². The first-order valence-corrected chi connectivity index (χ1v) is 14.3. The molecule has 0 aliphatic rings. The molecule has 0 radical (unpaired) electrons. The second kappa shape index (κ2) is 12.2. The monoisotopic (exact) mass is 541 g/mol. The van der Waals surface area contributed by atoms with Gasteiger partial charge < -0.3 is 20.1 Å². The minimum absolute atomic E-state index is 0.0214. The Balaban J connectivity index is 2.63. The molecule has 0 aliphatic heterocycles. The van der Waals surface area contributed by atoms with Crippen LogP contribution in [-0.4, -0.2) is 46.6 Å². The highest BCUT2D eigenvalue weighted by Gasteiger charge is 2.29. The summed E-state index contributed by atoms with van der Waals surface area (Å²) in [7, 11) is 0. The second-order valence-corrected chi connectivity index (χ2v) is 15.1. The Bertz CT molecular complexity index is 1020. The Morgan fingerprint density at radius 1 is 0.590 bits per heavy atom. The number of phenols is 2. The van der Waals surface area contributed by atoms with E-state index in [0.717, 1.165) is 33.4 Å². The van der Waals surface area contributed by atoms with Crippen molar-refractivity contribution in [3.63, 3.8) is 0 Å². The summed E-state index contributed by atoms with van der Waals surface area (Å²) in [5.74, 6) is 0.606. The predicted octanol–water partition coefficient (Wildman–Crippen LogP) is 7.30. The average molecular weight is 542 g/mol. The maximum absolute atomic E-state index is 11.3. The van der Waals surface area contributed by atoms with E-state index in [1.165, 1.54) is 0 Å². The van der Waals surface area contributed by atoms with Gasteiger partial charge in [-0.2, -0.15) is 0 Å². The number of aliphatic hydroxyl groups excluding tert-OH is 1. The van der Waals surface area contributed by atoms with Crippen LogP contribution in [0, 0.1) is 0 Å². The van der Waals surface area contributed by atoms with Crippen LogP contribution >= 0.6 is 0 Å². The lowest BCUT2D eigenvalue weighted by molar-refractivity contribution is 0.0697. The molecule has 0 unspecified atom stereocenters. The summed E-state index contributed by atoms with van der Waals surface area (Å²) in [5, 5.41) is 31.9. The highest BCUT2D eigenvalue weighted by molar-refractivity contribution is 5.49. The minimum Gasteiger partial charge on any atom is -0.508 e. The van der Waals surface area contributed by atoms with E-state index in [1.807, 2.05) is 12.1 Å². The Hall–Kier alpha value is -2.08. The third-order valence-corrected chi connectivity index (χ3v) is 7.35. The summed E-state index contributed by atoms with van der Waals surface area (Å²) in [6, 6.07) is 8.29. The predicted molar refractivity (Wildman–Crippen MR) is 163 cm³/mol. The Morgan fingerprint density at radius 3 is 1.28 bits per heavy atom. The van der Waals surface area contributed by atoms with Gasteiger partial charge in [-0.3, -0.25) is 4.90 Å². The lowest BCUT2D eigenvalue weighted by Gasteiger charge is -2.33. The highest BCUT2D eigenvalue weighted by atomic mass is 16.5. The first-order valence-electron chi connectivity index (χ1n) is 14.3. The lowest BCUT2D eigenvalue weighted by atomic mass is 9.77. The first kappa shape index (κ1) is 33.1. The standard InChI is InChI=1S/C34H55NO4/c1-31(2,3)23-17-27(33(7,8)9)25(29(37)19-23)21-35(13-15-39-16-14-36)22-26-28(34(10,11)12)18-24(20-30(26)38)32(4,5)6/h17-20,36-38H,13-16,21-22H2,1-12H3. The van der Waals surface area contributed by atoms with Gasteiger partial charge in [0.1, 0.15) is 11.5 Å². The molecule has 0 saturated heterocycles. The van der Waals surface area contributed by atoms with Gasteiger partial charge >= 0.3 is 0 Å². The van der Waals surface area contributed by atoms with Gasteiger partial charge in [-0.25, -0.2) is 0 Å². The molecule has 0 bridgehead atoms. The number of hydrogen-bond donors (Lipinski definition) is 3. The Morgan fingerprint density at radius 2 is 0.974 bits per heavy atom. The zero-order valence-corrected chi connectivity index (χ0v) is 26.7. The molecule has 5 nitrogen and oxygen atoms in total. The Labute approximate surface area is 238 Å². The highest BCUT2D eigenvalue weighted by Crippen LogP contribution is 2.40. The number of rotatable bonds is 9. The summed E-state index contributed by atoms with van der Waals surface area (Å²) in [6.45, 7) is 28.4. The van der Waals surface area contributed by atoms with E-state index in [2.05, 4.69) is 100 Å². The lowest BCUT2D eigenvalue weighted by Crippen LogP contribution is -2.31. The fourth-order valence-electron chi connectivity index (χ4n) is 4.87. The third kappa shape index (κ3) is 8.96. The van der Waals surface area contributed by atoms with Crippen LogP contribution in [-0.2, 0) is 39.5 Å². The number of hydrogen-bond acceptors (Lipinski definition) is 5. The number of benzene rings is 2. The first-order chi connectivity index (χ1) is 17.7. The van der Waals surface area contributed by atoms with Crippen LogP contribution in [0.15, 0.2) is 24.3 Å². The number of aliphatic hydroxyl groups is 1. The summed E-state index contributed by atoms with van der Waals surface area (Å²) >= 11 is 0. The summed E-state index contributed by atoms with van der Waals surface area (Å²) in [4.78, 5) is 2.24. The van der Waals surface area contributed by atoms with Crippen molar-refractivity contribution in [3.8, 4) is 11.5 Å². The van der Waals surface area contributed by atoms with E-state index < -0.39 is 0 Å². The molecule has 0 heterocycles. The number of phenolic OH excluding ortho intramolecular Hbond substituents is 2. The van der Waals surface area contributed by atoms with Crippen LogP contribution < -0.4 is 0 Å². The normalized spacial score (nSPS) is 13.4. The van der Waals surface area contributed by atoms with E-state index in [0.29, 0.717) is 37.7 Å². The van der Waals surface area contributed by atoms with E-state index in [4.69, 9.17) is 4.74 Å². The van der Waals surface area contributed by atoms with Gasteiger partial charge in [-0.15, -0.1) is 0 Å². The molecule has 2 rings (SSSR count). The van der Waals surface area contributed by atoms with Crippen LogP contribution in [0.5, 0.6) is 11.5 Å². The quantitative estimate of drug-likeness (QED) is 0.291. The maximum Gasteiger partial charge on any atom is 0.120 e. The van der Waals surface area contributed by atoms with Gasteiger partial charge in [0.2, 0.25) is 0 Å². The molecule has 0 spiro atoms. The average Bonchev–Trinajstić information content (AvgIpc) is 2.75. The van der Waals surface area contributed by atoms with Crippen molar-refractivity contribution in [2.75, 3.05) is 26.4 Å². The van der Waals surface area contributed by atoms with Crippen molar-refractivity contribution in [2.24, 2.45) is 0 Å². The molecular weight excluding hydrogens is 486 g/mol. The van der Waals surface area contributed by atoms with Gasteiger partial charge in [0.05, 0.1) is 19.8 Å². The van der Waals surface area contributed by atoms with Crippen molar-refractivity contribution in [2.45, 2.75) is 118 Å². The zero-order chi connectivity index (χ0) is 30.0. The van der Waals surface area contributed by atoms with Gasteiger partial charge in [0, 0.05) is 30.8 Å². The van der Waals surface area contributed by atoms with E-state index >= 15 is 0 Å². The van der Waals surface area contributed by atoms with Crippen molar-refractivity contribution in [1.29, 1.82) is 0 Å². The summed E-state index contributed by atoms with van der Waals surface area (Å²) in [5.41, 5.74) is 5.76. The molecule has 2 aromatic carbocycles. The maximum atomic E-state index is 11.3. The van der Waals surface area contributed by atoms with Crippen molar-refractivity contribution < 1.29 is 20.1 Å². The number of ether oxygens (including phenoxy) is 1. The molecule has 0 aliphatic carbocycles. The summed E-state index contributed by atoms with van der Waals surface area (Å²) in [6.07, 6.45) is 0. The van der Waals surface area contributed by atoms with Crippen molar-refractivity contribution >= 4 is 0 Å². The van der Waals surface area contributed by atoms with Crippen molar-refractivity contribution in [1.82, 2.24) is 4.90 Å². The molecule has 0 fully saturated rings. The minimum atomic E-state index is -0.166. The van der Waals surface area contributed by atoms with Crippen LogP contribution in [0.25, 0.3) is 0 Å². The molecule has 3 N–H and O–H groups in total. The van der Waals surface area contributed by atoms with Crippen LogP contribution in [0.2, 0.25) is 0 Å². The fourth-order valence-corrected chi connectivity index (χ4v) is 4.87. The Kier molecular flexibility index (Phi) is 10.4. The molecule has 0 amide bonds. The van der Waals surface area contributed by atoms with Crippen LogP contribution in [0.1, 0.15) is 116 Å². The third-order valence-electron chi connectivity index (χ3n) is 7.35. The van der Waals surface area contributed by atoms with Crippen LogP contribution in [0.4, 0.5) is 0 Å². The van der Waals surface area contributed by atoms with Gasteiger partial charge in [0.25, 0.3) is 0 Å². The SMILES string of the molecule is CC(C)(C)c1cc(O)c(CN(CCOCCO)Cc2c(O)cc(C(C)(C)C)cc2C(C)(C)C)c(C(C)(C)C)c1. The molecule has 5 heteroatoms. The molecule has 0 saturated carbocycles. The largest absolute Gasteiger partial charge is 0.508 e. The van der Waals surface area contributed by atoms with E-state index in [1.54, 1.807) is 0 Å². The van der Waals surface area contributed by atoms with E-state index in [-0.39, 0.29) is 34.9 Å². The molecule has 2 aromatic rings. The molecule has 0 aromatic heterocycles. The summed E-state index contributed by atoms with van der Waals surface area (Å²) < 4.78 is 5.66.